The zero-order valence-corrected chi connectivity index (χ0v) is 34.3. The third-order valence-electron chi connectivity index (χ3n) is 0.448. The van der Waals surface area contributed by atoms with Crippen molar-refractivity contribution in [3.05, 3.63) is 0 Å². The van der Waals surface area contributed by atoms with Crippen LogP contribution in [0.25, 0.3) is 0 Å². The Hall–Kier alpha value is -4.36. The van der Waals surface area contributed by atoms with Crippen molar-refractivity contribution in [1.82, 2.24) is 5.32 Å². The molecule has 0 fully saturated rings. The lowest BCUT2D eigenvalue weighted by atomic mass is 10.6. The summed E-state index contributed by atoms with van der Waals surface area (Å²) in [6.07, 6.45) is 3.75. The Morgan fingerprint density at radius 3 is 0.438 bits per heavy atom. The maximum atomic E-state index is 9.70. The molecule has 0 radical (unpaired) electrons. The average Bonchev–Trinajstić information content (AvgIpc) is 2.92. The van der Waals surface area contributed by atoms with E-state index in [-0.39, 0.29) is 34.8 Å². The van der Waals surface area contributed by atoms with Gasteiger partial charge >= 0.3 is 0 Å². The number of rotatable bonds is 1. The summed E-state index contributed by atoms with van der Waals surface area (Å²) >= 11 is 0. The van der Waals surface area contributed by atoms with Gasteiger partial charge in [-0.2, -0.15) is 0 Å². The van der Waals surface area contributed by atoms with Crippen molar-refractivity contribution in [2.24, 2.45) is 0 Å². The number of nitrogens with one attached hydrogen (secondary N) is 1. The van der Waals surface area contributed by atoms with E-state index in [0.717, 1.165) is 31.4 Å². The summed E-state index contributed by atoms with van der Waals surface area (Å²) in [5.74, 6) is 0.838. The highest BCUT2D eigenvalue weighted by Crippen LogP contribution is 1.52. The normalized spacial score (nSPS) is 5.46. The van der Waals surface area contributed by atoms with Crippen LogP contribution >= 0.6 is 0 Å². The van der Waals surface area contributed by atoms with Gasteiger partial charge in [0.05, 0.1) is 7.11 Å². The molecule has 0 saturated carbocycles. The molecule has 0 aliphatic carbocycles. The average molecular weight is 704 g/mol. The van der Waals surface area contributed by atoms with Gasteiger partial charge in [-0.25, -0.2) is 0 Å². The van der Waals surface area contributed by atoms with E-state index in [4.69, 9.17) is 28.8 Å². The first-order chi connectivity index (χ1) is 21.9. The molecular formula is C34H73NO13. The molecule has 0 aromatic rings. The molecule has 0 rings (SSSR count). The third-order valence-corrected chi connectivity index (χ3v) is 0.448. The highest BCUT2D eigenvalue weighted by Gasteiger charge is 1.72. The Labute approximate surface area is 292 Å². The molecule has 0 aromatic heterocycles. The van der Waals surface area contributed by atoms with Crippen molar-refractivity contribution >= 4 is 72.7 Å². The fraction of sp³-hybridized carbons (Fsp3) is 0.647. The van der Waals surface area contributed by atoms with E-state index in [9.17, 15) is 28.8 Å². The maximum absolute atomic E-state index is 9.70. The Morgan fingerprint density at radius 2 is 0.438 bits per heavy atom. The molecule has 1 N–H and O–H groups in total. The Bertz CT molecular complexity index is 537. The summed E-state index contributed by atoms with van der Waals surface area (Å²) in [5.41, 5.74) is 0. The number of ether oxygens (including phenoxy) is 1. The molecule has 0 heterocycles. The van der Waals surface area contributed by atoms with Crippen molar-refractivity contribution < 1.29 is 62.3 Å². The molecular weight excluding hydrogens is 630 g/mol. The quantitative estimate of drug-likeness (QED) is 0.329. The molecule has 14 heteroatoms. The number of Topliss-reactive ketones (excluding diaryl/α,β-unsaturated/α-hetero) is 5. The van der Waals surface area contributed by atoms with E-state index in [1.807, 2.05) is 27.7 Å². The fourth-order valence-electron chi connectivity index (χ4n) is 0. The third kappa shape index (κ3) is 37200. The van der Waals surface area contributed by atoms with Crippen LogP contribution in [0.15, 0.2) is 0 Å². The lowest BCUT2D eigenvalue weighted by molar-refractivity contribution is -0.126. The van der Waals surface area contributed by atoms with E-state index < -0.39 is 0 Å². The van der Waals surface area contributed by atoms with Gasteiger partial charge in [0.15, 0.2) is 0 Å². The molecule has 0 atom stereocenters. The van der Waals surface area contributed by atoms with E-state index >= 15 is 0 Å². The van der Waals surface area contributed by atoms with Crippen LogP contribution < -0.4 is 5.32 Å². The lowest BCUT2D eigenvalue weighted by Crippen LogP contribution is -2.11. The van der Waals surface area contributed by atoms with Crippen LogP contribution in [0.2, 0.25) is 0 Å². The van der Waals surface area contributed by atoms with Crippen LogP contribution in [-0.2, 0) is 62.3 Å². The van der Waals surface area contributed by atoms with Gasteiger partial charge in [0.2, 0.25) is 5.91 Å². The Balaban J connectivity index is -0.0000000218. The van der Waals surface area contributed by atoms with Crippen molar-refractivity contribution in [3.63, 3.8) is 0 Å². The monoisotopic (exact) mass is 704 g/mol. The number of carbonyl (C=O) groups is 12. The van der Waals surface area contributed by atoms with E-state index in [1.54, 1.807) is 7.05 Å². The number of hydrogen-bond donors (Lipinski definition) is 1. The summed E-state index contributed by atoms with van der Waals surface area (Å²) in [5, 5.41) is 2.39. The van der Waals surface area contributed by atoms with E-state index in [1.165, 1.54) is 118 Å². The topological polar surface area (TPSA) is 226 Å². The molecule has 0 spiro atoms. The molecule has 48 heavy (non-hydrogen) atoms. The maximum Gasteiger partial charge on any atom is 0.292 e. The van der Waals surface area contributed by atoms with Gasteiger partial charge in [0.1, 0.15) is 60.3 Å². The standard InChI is InChI=1S/C3H7NO.5C3H6O.C2H4O2.5C2H4O.2C2H6/c1-3(5)4-2;5*1-3(2)4;1-4-2-3;5*1-2-3;2*1-2/h1-2H3,(H,4,5);5*1-2H3;2H,1H3;5*2H,1H3;2*1-2H3. The lowest BCUT2D eigenvalue weighted by Gasteiger charge is -1.80. The predicted octanol–water partition coefficient (Wildman–Crippen LogP) is 5.60. The first-order valence-electron chi connectivity index (χ1n) is 14.4. The first kappa shape index (κ1) is 90.3. The Kier molecular flexibility index (Phi) is 297. The molecule has 0 aliphatic heterocycles. The Morgan fingerprint density at radius 1 is 0.396 bits per heavy atom. The summed E-state index contributed by atoms with van der Waals surface area (Å²) in [7, 11) is 2.91. The number of hydrogen-bond acceptors (Lipinski definition) is 13. The summed E-state index contributed by atoms with van der Waals surface area (Å²) in [6, 6.07) is 0. The molecule has 0 unspecified atom stereocenters. The minimum atomic E-state index is 0.00463. The zero-order chi connectivity index (χ0) is 43.1. The van der Waals surface area contributed by atoms with Crippen LogP contribution in [0, 0.1) is 0 Å². The molecule has 14 nitrogen and oxygen atoms in total. The minimum absolute atomic E-state index is 0.00463. The van der Waals surface area contributed by atoms with Crippen LogP contribution in [-0.4, -0.2) is 86.9 Å². The van der Waals surface area contributed by atoms with Crippen molar-refractivity contribution in [2.45, 2.75) is 138 Å². The first-order valence-corrected chi connectivity index (χ1v) is 14.4. The van der Waals surface area contributed by atoms with E-state index in [2.05, 4.69) is 10.1 Å². The summed E-state index contributed by atoms with van der Waals surface area (Å²) in [4.78, 5) is 110. The van der Waals surface area contributed by atoms with Gasteiger partial charge in [-0.1, -0.05) is 27.7 Å². The molecule has 292 valence electrons. The largest absolute Gasteiger partial charge is 0.471 e. The zero-order valence-electron chi connectivity index (χ0n) is 34.3. The SMILES string of the molecule is CC.CC.CC(C)=O.CC(C)=O.CC(C)=O.CC(C)=O.CC(C)=O.CC=O.CC=O.CC=O.CC=O.CC=O.CNC(C)=O.COC=O. The van der Waals surface area contributed by atoms with Crippen molar-refractivity contribution in [1.29, 1.82) is 0 Å². The van der Waals surface area contributed by atoms with Crippen LogP contribution in [0.5, 0.6) is 0 Å². The van der Waals surface area contributed by atoms with Crippen LogP contribution in [0.1, 0.15) is 138 Å². The second-order valence-corrected chi connectivity index (χ2v) is 6.86. The predicted molar refractivity (Wildman–Crippen MR) is 196 cm³/mol. The molecule has 1 amide bonds. The number of ketones is 5. The number of carbonyl (C=O) groups excluding carboxylic acids is 12. The number of aldehydes is 5. The summed E-state index contributed by atoms with van der Waals surface area (Å²) in [6.45, 7) is 32.3. The molecule has 0 bridgehead atoms. The van der Waals surface area contributed by atoms with Gasteiger partial charge in [-0.3, -0.25) is 9.59 Å². The molecule has 0 aliphatic rings. The van der Waals surface area contributed by atoms with Crippen LogP contribution in [0.4, 0.5) is 0 Å². The number of amides is 1. The molecule has 0 saturated heterocycles. The van der Waals surface area contributed by atoms with Gasteiger partial charge in [0, 0.05) is 14.0 Å². The van der Waals surface area contributed by atoms with E-state index in [0.29, 0.717) is 6.47 Å². The second-order valence-electron chi connectivity index (χ2n) is 6.86. The highest BCUT2D eigenvalue weighted by molar-refractivity contribution is 5.73. The van der Waals surface area contributed by atoms with Gasteiger partial charge in [-0.05, 0) is 104 Å². The summed E-state index contributed by atoms with van der Waals surface area (Å²) < 4.78 is 3.86. The smallest absolute Gasteiger partial charge is 0.292 e. The minimum Gasteiger partial charge on any atom is -0.471 e. The second kappa shape index (κ2) is 158. The van der Waals surface area contributed by atoms with Crippen molar-refractivity contribution in [2.75, 3.05) is 14.2 Å². The van der Waals surface area contributed by atoms with Crippen LogP contribution in [0.3, 0.4) is 0 Å². The molecule has 0 aromatic carbocycles. The highest BCUT2D eigenvalue weighted by atomic mass is 16.5. The van der Waals surface area contributed by atoms with Gasteiger partial charge in [0.25, 0.3) is 6.47 Å². The fourth-order valence-corrected chi connectivity index (χ4v) is 0. The van der Waals surface area contributed by atoms with Gasteiger partial charge in [-0.15, -0.1) is 0 Å². The van der Waals surface area contributed by atoms with Gasteiger partial charge < -0.3 is 58.0 Å². The van der Waals surface area contributed by atoms with Crippen molar-refractivity contribution in [3.8, 4) is 0 Å². The number of methoxy groups -OCH3 is 1.